The fourth-order valence-electron chi connectivity index (χ4n) is 3.47. The molecule has 0 spiro atoms. The van der Waals surface area contributed by atoms with E-state index >= 15 is 0 Å². The molecule has 2 aliphatic heterocycles. The van der Waals surface area contributed by atoms with Crippen LogP contribution in [0, 0.1) is 5.41 Å². The van der Waals surface area contributed by atoms with Crippen molar-refractivity contribution in [3.05, 3.63) is 29.8 Å². The Bertz CT molecular complexity index is 442. The van der Waals surface area contributed by atoms with E-state index in [1.54, 1.807) is 5.56 Å². The maximum absolute atomic E-state index is 5.74. The molecule has 1 saturated heterocycles. The molecule has 3 rings (SSSR count). The SMILES string of the molecule is CCCNCC1(CC2CSc3ccccc32)CCOC1. The van der Waals surface area contributed by atoms with Gasteiger partial charge in [0.2, 0.25) is 0 Å². The van der Waals surface area contributed by atoms with Crippen molar-refractivity contribution >= 4 is 11.8 Å². The lowest BCUT2D eigenvalue weighted by Crippen LogP contribution is -2.36. The summed E-state index contributed by atoms with van der Waals surface area (Å²) < 4.78 is 5.74. The topological polar surface area (TPSA) is 21.3 Å². The van der Waals surface area contributed by atoms with Crippen molar-refractivity contribution in [2.24, 2.45) is 5.41 Å². The molecular weight excluding hydrogens is 266 g/mol. The molecule has 2 heterocycles. The first-order chi connectivity index (χ1) is 9.83. The number of fused-ring (bicyclic) bond motifs is 1. The van der Waals surface area contributed by atoms with Gasteiger partial charge in [0.25, 0.3) is 0 Å². The monoisotopic (exact) mass is 291 g/mol. The van der Waals surface area contributed by atoms with E-state index in [2.05, 4.69) is 36.5 Å². The quantitative estimate of drug-likeness (QED) is 0.808. The molecule has 0 amide bonds. The number of rotatable bonds is 6. The molecule has 2 nitrogen and oxygen atoms in total. The molecule has 20 heavy (non-hydrogen) atoms. The van der Waals surface area contributed by atoms with Gasteiger partial charge in [0.15, 0.2) is 0 Å². The zero-order chi connectivity index (χ0) is 13.8. The van der Waals surface area contributed by atoms with Gasteiger partial charge in [-0.2, -0.15) is 0 Å². The Balaban J connectivity index is 1.68. The lowest BCUT2D eigenvalue weighted by molar-refractivity contribution is 0.140. The lowest BCUT2D eigenvalue weighted by atomic mass is 9.77. The van der Waals surface area contributed by atoms with E-state index in [9.17, 15) is 0 Å². The summed E-state index contributed by atoms with van der Waals surface area (Å²) in [6.07, 6.45) is 3.69. The third-order valence-corrected chi connectivity index (χ3v) is 5.84. The van der Waals surface area contributed by atoms with Gasteiger partial charge in [-0.05, 0) is 43.4 Å². The molecular formula is C17H25NOS. The van der Waals surface area contributed by atoms with Gasteiger partial charge in [0.1, 0.15) is 0 Å². The number of hydrogen-bond donors (Lipinski definition) is 1. The summed E-state index contributed by atoms with van der Waals surface area (Å²) in [5.41, 5.74) is 1.93. The highest BCUT2D eigenvalue weighted by atomic mass is 32.2. The van der Waals surface area contributed by atoms with E-state index in [0.717, 1.165) is 26.3 Å². The van der Waals surface area contributed by atoms with E-state index in [1.807, 2.05) is 11.8 Å². The van der Waals surface area contributed by atoms with E-state index in [-0.39, 0.29) is 0 Å². The number of benzene rings is 1. The average Bonchev–Trinajstić information content (AvgIpc) is 3.08. The molecule has 110 valence electrons. The summed E-state index contributed by atoms with van der Waals surface area (Å²) in [5.74, 6) is 1.95. The fourth-order valence-corrected chi connectivity index (χ4v) is 4.73. The summed E-state index contributed by atoms with van der Waals surface area (Å²) in [6.45, 7) is 6.35. The van der Waals surface area contributed by atoms with Gasteiger partial charge in [-0.25, -0.2) is 0 Å². The van der Waals surface area contributed by atoms with Crippen molar-refractivity contribution in [1.29, 1.82) is 0 Å². The van der Waals surface area contributed by atoms with Crippen LogP contribution >= 0.6 is 11.8 Å². The minimum Gasteiger partial charge on any atom is -0.381 e. The van der Waals surface area contributed by atoms with Crippen LogP contribution in [-0.2, 0) is 4.74 Å². The van der Waals surface area contributed by atoms with E-state index in [4.69, 9.17) is 4.74 Å². The smallest absolute Gasteiger partial charge is 0.0535 e. The minimum absolute atomic E-state index is 0.359. The first kappa shape index (κ1) is 14.4. The summed E-state index contributed by atoms with van der Waals surface area (Å²) in [7, 11) is 0. The molecule has 0 radical (unpaired) electrons. The van der Waals surface area contributed by atoms with Gasteiger partial charge in [0, 0.05) is 29.2 Å². The first-order valence-corrected chi connectivity index (χ1v) is 8.82. The highest BCUT2D eigenvalue weighted by Gasteiger charge is 2.38. The van der Waals surface area contributed by atoms with Crippen molar-refractivity contribution < 1.29 is 4.74 Å². The molecule has 0 aromatic heterocycles. The van der Waals surface area contributed by atoms with Crippen LogP contribution in [0.25, 0.3) is 0 Å². The molecule has 2 unspecified atom stereocenters. The zero-order valence-corrected chi connectivity index (χ0v) is 13.2. The van der Waals surface area contributed by atoms with Crippen molar-refractivity contribution in [2.75, 3.05) is 32.1 Å². The summed E-state index contributed by atoms with van der Waals surface area (Å²) >= 11 is 2.03. The Morgan fingerprint density at radius 3 is 3.10 bits per heavy atom. The third-order valence-electron chi connectivity index (χ3n) is 4.59. The maximum atomic E-state index is 5.74. The standard InChI is InChI=1S/C17H25NOS/c1-2-8-18-12-17(7-9-19-13-17)10-14-11-20-16-6-4-3-5-15(14)16/h3-6,14,18H,2,7-13H2,1H3. The van der Waals surface area contributed by atoms with Crippen LogP contribution in [0.3, 0.4) is 0 Å². The Labute approximate surface area is 126 Å². The van der Waals surface area contributed by atoms with Crippen molar-refractivity contribution in [3.8, 4) is 0 Å². The Morgan fingerprint density at radius 2 is 2.30 bits per heavy atom. The predicted molar refractivity (Wildman–Crippen MR) is 85.6 cm³/mol. The van der Waals surface area contributed by atoms with Crippen LogP contribution in [0.2, 0.25) is 0 Å². The van der Waals surface area contributed by atoms with Crippen LogP contribution in [0.4, 0.5) is 0 Å². The summed E-state index contributed by atoms with van der Waals surface area (Å²) in [6, 6.07) is 8.94. The highest BCUT2D eigenvalue weighted by Crippen LogP contribution is 2.46. The van der Waals surface area contributed by atoms with Crippen molar-refractivity contribution in [3.63, 3.8) is 0 Å². The van der Waals surface area contributed by atoms with Gasteiger partial charge in [-0.3, -0.25) is 0 Å². The third kappa shape index (κ3) is 3.05. The van der Waals surface area contributed by atoms with Crippen LogP contribution in [0.15, 0.2) is 29.2 Å². The zero-order valence-electron chi connectivity index (χ0n) is 12.4. The van der Waals surface area contributed by atoms with Crippen LogP contribution in [0.1, 0.15) is 37.7 Å². The molecule has 2 aliphatic rings. The summed E-state index contributed by atoms with van der Waals surface area (Å²) in [5, 5.41) is 3.63. The number of thioether (sulfide) groups is 1. The predicted octanol–water partition coefficient (Wildman–Crippen LogP) is 3.67. The van der Waals surface area contributed by atoms with Gasteiger partial charge in [-0.1, -0.05) is 25.1 Å². The van der Waals surface area contributed by atoms with Crippen LogP contribution in [0.5, 0.6) is 0 Å². The van der Waals surface area contributed by atoms with Gasteiger partial charge in [0.05, 0.1) is 6.61 Å². The Morgan fingerprint density at radius 1 is 1.40 bits per heavy atom. The Kier molecular flexibility index (Phi) is 4.69. The second-order valence-corrected chi connectivity index (χ2v) is 7.29. The molecule has 0 aliphatic carbocycles. The van der Waals surface area contributed by atoms with Gasteiger partial charge in [-0.15, -0.1) is 11.8 Å². The second kappa shape index (κ2) is 6.50. The van der Waals surface area contributed by atoms with Crippen molar-refractivity contribution in [1.82, 2.24) is 5.32 Å². The van der Waals surface area contributed by atoms with Crippen LogP contribution in [-0.4, -0.2) is 32.1 Å². The molecule has 0 bridgehead atoms. The number of hydrogen-bond acceptors (Lipinski definition) is 3. The largest absolute Gasteiger partial charge is 0.381 e. The molecule has 3 heteroatoms. The highest BCUT2D eigenvalue weighted by molar-refractivity contribution is 7.99. The van der Waals surface area contributed by atoms with Crippen molar-refractivity contribution in [2.45, 2.75) is 37.0 Å². The van der Waals surface area contributed by atoms with E-state index in [1.165, 1.54) is 29.9 Å². The molecule has 2 atom stereocenters. The molecule has 1 fully saturated rings. The lowest BCUT2D eigenvalue weighted by Gasteiger charge is -2.31. The second-order valence-electron chi connectivity index (χ2n) is 6.23. The number of nitrogens with one attached hydrogen (secondary N) is 1. The average molecular weight is 291 g/mol. The summed E-state index contributed by atoms with van der Waals surface area (Å²) in [4.78, 5) is 1.49. The van der Waals surface area contributed by atoms with Gasteiger partial charge >= 0.3 is 0 Å². The molecule has 1 N–H and O–H groups in total. The number of ether oxygens (including phenoxy) is 1. The van der Waals surface area contributed by atoms with E-state index < -0.39 is 0 Å². The molecule has 0 saturated carbocycles. The normalized spacial score (nSPS) is 28.8. The Hall–Kier alpha value is -0.510. The minimum atomic E-state index is 0.359. The maximum Gasteiger partial charge on any atom is 0.0535 e. The molecule has 1 aromatic rings. The fraction of sp³-hybridized carbons (Fsp3) is 0.647. The van der Waals surface area contributed by atoms with Crippen LogP contribution < -0.4 is 5.32 Å². The van der Waals surface area contributed by atoms with Gasteiger partial charge < -0.3 is 10.1 Å². The molecule has 1 aromatic carbocycles. The first-order valence-electron chi connectivity index (χ1n) is 7.83. The van der Waals surface area contributed by atoms with E-state index in [0.29, 0.717) is 11.3 Å².